The van der Waals surface area contributed by atoms with Crippen LogP contribution in [0.15, 0.2) is 24.3 Å². The van der Waals surface area contributed by atoms with E-state index in [0.29, 0.717) is 11.5 Å². The molecule has 3 aromatic heterocycles. The number of hydrogen-bond donors (Lipinski definition) is 2. The van der Waals surface area contributed by atoms with E-state index in [-0.39, 0.29) is 0 Å². The zero-order valence-electron chi connectivity index (χ0n) is 9.10. The van der Waals surface area contributed by atoms with Crippen LogP contribution >= 0.6 is 11.3 Å². The summed E-state index contributed by atoms with van der Waals surface area (Å²) in [6.45, 7) is 0. The fourth-order valence-corrected chi connectivity index (χ4v) is 2.31. The Kier molecular flexibility index (Phi) is 2.22. The van der Waals surface area contributed by atoms with Gasteiger partial charge in [0.25, 0.3) is 0 Å². The molecule has 0 aromatic carbocycles. The van der Waals surface area contributed by atoms with Gasteiger partial charge in [-0.15, -0.1) is 11.3 Å². The van der Waals surface area contributed by atoms with E-state index in [0.717, 1.165) is 21.2 Å². The van der Waals surface area contributed by atoms with Crippen molar-refractivity contribution >= 4 is 27.5 Å². The smallest absolute Gasteiger partial charge is 0.215 e. The van der Waals surface area contributed by atoms with E-state index >= 15 is 0 Å². The van der Waals surface area contributed by atoms with Crippen LogP contribution in [-0.4, -0.2) is 22.1 Å². The lowest BCUT2D eigenvalue weighted by Gasteiger charge is -1.95. The van der Waals surface area contributed by atoms with E-state index in [1.807, 2.05) is 18.2 Å². The SMILES string of the molecule is COc1ccc2[nH]c(-c3ccc(N)s3)nc2n1. The number of nitrogens with zero attached hydrogens (tertiary/aromatic N) is 2. The molecule has 3 heterocycles. The molecule has 0 aliphatic heterocycles. The van der Waals surface area contributed by atoms with Gasteiger partial charge in [-0.3, -0.25) is 0 Å². The first-order chi connectivity index (χ1) is 8.26. The van der Waals surface area contributed by atoms with Gasteiger partial charge in [0.1, 0.15) is 0 Å². The highest BCUT2D eigenvalue weighted by atomic mass is 32.1. The number of aromatic amines is 1. The molecule has 0 spiro atoms. The number of H-pyrrole nitrogens is 1. The van der Waals surface area contributed by atoms with Gasteiger partial charge in [0, 0.05) is 6.07 Å². The average Bonchev–Trinajstić information content (AvgIpc) is 2.93. The van der Waals surface area contributed by atoms with E-state index in [2.05, 4.69) is 15.0 Å². The van der Waals surface area contributed by atoms with E-state index in [1.165, 1.54) is 11.3 Å². The Morgan fingerprint density at radius 1 is 1.24 bits per heavy atom. The number of anilines is 1. The van der Waals surface area contributed by atoms with Gasteiger partial charge >= 0.3 is 0 Å². The van der Waals surface area contributed by atoms with Crippen LogP contribution in [-0.2, 0) is 0 Å². The first-order valence-electron chi connectivity index (χ1n) is 5.03. The Labute approximate surface area is 101 Å². The second-order valence-electron chi connectivity index (χ2n) is 3.51. The lowest BCUT2D eigenvalue weighted by molar-refractivity contribution is 0.399. The first kappa shape index (κ1) is 10.1. The normalized spacial score (nSPS) is 10.9. The highest BCUT2D eigenvalue weighted by Gasteiger charge is 2.08. The minimum atomic E-state index is 0.557. The minimum Gasteiger partial charge on any atom is -0.481 e. The largest absolute Gasteiger partial charge is 0.481 e. The number of ether oxygens (including phenoxy) is 1. The van der Waals surface area contributed by atoms with Crippen LogP contribution in [0.4, 0.5) is 5.00 Å². The summed E-state index contributed by atoms with van der Waals surface area (Å²) in [6, 6.07) is 7.50. The van der Waals surface area contributed by atoms with Crippen LogP contribution in [0.1, 0.15) is 0 Å². The third-order valence-electron chi connectivity index (χ3n) is 2.39. The van der Waals surface area contributed by atoms with Crippen LogP contribution in [0.25, 0.3) is 21.9 Å². The lowest BCUT2D eigenvalue weighted by atomic mass is 10.4. The number of methoxy groups -OCH3 is 1. The zero-order valence-corrected chi connectivity index (χ0v) is 9.91. The van der Waals surface area contributed by atoms with Crippen molar-refractivity contribution in [1.82, 2.24) is 15.0 Å². The molecule has 6 heteroatoms. The molecule has 0 amide bonds. The summed E-state index contributed by atoms with van der Waals surface area (Å²) in [5.74, 6) is 1.34. The fraction of sp³-hybridized carbons (Fsp3) is 0.0909. The van der Waals surface area contributed by atoms with Gasteiger partial charge in [-0.25, -0.2) is 4.98 Å². The number of nitrogens with two attached hydrogens (primary N) is 1. The topological polar surface area (TPSA) is 76.8 Å². The molecule has 0 bridgehead atoms. The van der Waals surface area contributed by atoms with Crippen molar-refractivity contribution in [3.05, 3.63) is 24.3 Å². The predicted molar refractivity (Wildman–Crippen MR) is 68.2 cm³/mol. The molecule has 0 radical (unpaired) electrons. The first-order valence-corrected chi connectivity index (χ1v) is 5.84. The van der Waals surface area contributed by atoms with E-state index < -0.39 is 0 Å². The maximum Gasteiger partial charge on any atom is 0.215 e. The average molecular weight is 246 g/mol. The van der Waals surface area contributed by atoms with Crippen molar-refractivity contribution in [2.75, 3.05) is 12.8 Å². The van der Waals surface area contributed by atoms with Crippen LogP contribution in [0.5, 0.6) is 5.88 Å². The van der Waals surface area contributed by atoms with Crippen molar-refractivity contribution in [3.8, 4) is 16.6 Å². The molecule has 3 rings (SSSR count). The third kappa shape index (κ3) is 1.72. The van der Waals surface area contributed by atoms with Crippen LogP contribution < -0.4 is 10.5 Å². The molecule has 0 saturated carbocycles. The Morgan fingerprint density at radius 3 is 2.82 bits per heavy atom. The van der Waals surface area contributed by atoms with Crippen molar-refractivity contribution < 1.29 is 4.74 Å². The third-order valence-corrected chi connectivity index (χ3v) is 3.31. The standard InChI is InChI=1S/C11H10N4OS/c1-16-9-5-2-6-10(14-9)15-11(13-6)7-3-4-8(12)17-7/h2-5H,12H2,1H3,(H,13,14,15). The molecule has 0 fully saturated rings. The number of nitrogens with one attached hydrogen (secondary N) is 1. The quantitative estimate of drug-likeness (QED) is 0.727. The van der Waals surface area contributed by atoms with Gasteiger partial charge in [0.2, 0.25) is 5.88 Å². The Balaban J connectivity index is 2.13. The van der Waals surface area contributed by atoms with Crippen molar-refractivity contribution in [3.63, 3.8) is 0 Å². The summed E-state index contributed by atoms with van der Waals surface area (Å²) in [6.07, 6.45) is 0. The van der Waals surface area contributed by atoms with Gasteiger partial charge in [-0.2, -0.15) is 4.98 Å². The van der Waals surface area contributed by atoms with Crippen LogP contribution in [0, 0.1) is 0 Å². The molecule has 86 valence electrons. The maximum atomic E-state index is 5.70. The number of aromatic nitrogens is 3. The summed E-state index contributed by atoms with van der Waals surface area (Å²) >= 11 is 1.49. The highest BCUT2D eigenvalue weighted by molar-refractivity contribution is 7.19. The van der Waals surface area contributed by atoms with Crippen LogP contribution in [0.3, 0.4) is 0 Å². The summed E-state index contributed by atoms with van der Waals surface area (Å²) < 4.78 is 5.06. The van der Waals surface area contributed by atoms with Gasteiger partial charge in [0.05, 0.1) is 22.5 Å². The number of thiophene rings is 1. The zero-order chi connectivity index (χ0) is 11.8. The summed E-state index contributed by atoms with van der Waals surface area (Å²) in [4.78, 5) is 12.9. The number of rotatable bonds is 2. The Bertz CT molecular complexity index is 673. The summed E-state index contributed by atoms with van der Waals surface area (Å²) in [5, 5.41) is 0.769. The second-order valence-corrected chi connectivity index (χ2v) is 4.63. The predicted octanol–water partition coefficient (Wildman–Crippen LogP) is 2.28. The number of imidazole rings is 1. The van der Waals surface area contributed by atoms with Crippen molar-refractivity contribution in [1.29, 1.82) is 0 Å². The number of fused-ring (bicyclic) bond motifs is 1. The molecule has 3 aromatic rings. The molecule has 0 atom stereocenters. The molecular weight excluding hydrogens is 236 g/mol. The maximum absolute atomic E-state index is 5.70. The highest BCUT2D eigenvalue weighted by Crippen LogP contribution is 2.28. The second kappa shape index (κ2) is 3.74. The number of pyridine rings is 1. The Hall–Kier alpha value is -2.08. The summed E-state index contributed by atoms with van der Waals surface area (Å²) in [7, 11) is 1.59. The fourth-order valence-electron chi connectivity index (χ4n) is 1.59. The van der Waals surface area contributed by atoms with Gasteiger partial charge in [-0.05, 0) is 18.2 Å². The molecular formula is C11H10N4OS. The van der Waals surface area contributed by atoms with Crippen LogP contribution in [0.2, 0.25) is 0 Å². The van der Waals surface area contributed by atoms with E-state index in [1.54, 1.807) is 13.2 Å². The monoisotopic (exact) mass is 246 g/mol. The molecule has 0 unspecified atom stereocenters. The molecule has 0 aliphatic carbocycles. The van der Waals surface area contributed by atoms with Gasteiger partial charge in [-0.1, -0.05) is 0 Å². The molecule has 0 saturated heterocycles. The lowest BCUT2D eigenvalue weighted by Crippen LogP contribution is -1.86. The Morgan fingerprint density at radius 2 is 2.12 bits per heavy atom. The number of nitrogen functional groups attached to an aromatic ring is 1. The minimum absolute atomic E-state index is 0.557. The van der Waals surface area contributed by atoms with E-state index in [9.17, 15) is 0 Å². The molecule has 17 heavy (non-hydrogen) atoms. The van der Waals surface area contributed by atoms with Gasteiger partial charge in [0.15, 0.2) is 11.5 Å². The van der Waals surface area contributed by atoms with Gasteiger partial charge < -0.3 is 15.5 Å². The molecule has 3 N–H and O–H groups in total. The van der Waals surface area contributed by atoms with Crippen molar-refractivity contribution in [2.45, 2.75) is 0 Å². The molecule has 0 aliphatic rings. The van der Waals surface area contributed by atoms with E-state index in [4.69, 9.17) is 10.5 Å². The summed E-state index contributed by atoms with van der Waals surface area (Å²) in [5.41, 5.74) is 7.22. The van der Waals surface area contributed by atoms with Crippen molar-refractivity contribution in [2.24, 2.45) is 0 Å². The number of hydrogen-bond acceptors (Lipinski definition) is 5. The molecule has 5 nitrogen and oxygen atoms in total.